The summed E-state index contributed by atoms with van der Waals surface area (Å²) in [7, 11) is 1.55. The van der Waals surface area contributed by atoms with Crippen molar-refractivity contribution >= 4 is 34.8 Å². The highest BCUT2D eigenvalue weighted by molar-refractivity contribution is 6.36. The van der Waals surface area contributed by atoms with Gasteiger partial charge in [0.05, 0.1) is 6.54 Å². The summed E-state index contributed by atoms with van der Waals surface area (Å²) < 4.78 is 14.8. The minimum atomic E-state index is -0.450. The second-order valence-corrected chi connectivity index (χ2v) is 7.06. The molecule has 0 saturated carbocycles. The van der Waals surface area contributed by atoms with E-state index in [1.165, 1.54) is 12.1 Å². The van der Waals surface area contributed by atoms with Crippen molar-refractivity contribution in [1.29, 1.82) is 0 Å². The monoisotopic (exact) mass is 398 g/mol. The van der Waals surface area contributed by atoms with Gasteiger partial charge in [0.2, 0.25) is 5.91 Å². The van der Waals surface area contributed by atoms with Gasteiger partial charge in [-0.2, -0.15) is 0 Å². The van der Waals surface area contributed by atoms with Crippen LogP contribution in [0.3, 0.4) is 0 Å². The molecule has 4 nitrogen and oxygen atoms in total. The predicted molar refractivity (Wildman–Crippen MR) is 104 cm³/mol. The van der Waals surface area contributed by atoms with Crippen molar-refractivity contribution in [2.45, 2.75) is 26.2 Å². The summed E-state index contributed by atoms with van der Waals surface area (Å²) >= 11 is 12.6. The van der Waals surface area contributed by atoms with Crippen LogP contribution in [0.4, 0.5) is 10.1 Å². The first-order chi connectivity index (χ1) is 12.2. The number of nitrogens with one attached hydrogen (secondary N) is 2. The van der Waals surface area contributed by atoms with E-state index in [9.17, 15) is 14.3 Å². The molecule has 0 heterocycles. The van der Waals surface area contributed by atoms with Gasteiger partial charge >= 0.3 is 0 Å². The van der Waals surface area contributed by atoms with E-state index in [0.717, 1.165) is 0 Å². The Morgan fingerprint density at radius 2 is 1.85 bits per heavy atom. The van der Waals surface area contributed by atoms with Gasteiger partial charge in [0, 0.05) is 34.8 Å². The van der Waals surface area contributed by atoms with Crippen LogP contribution >= 0.6 is 23.2 Å². The van der Waals surface area contributed by atoms with Crippen molar-refractivity contribution in [2.24, 2.45) is 0 Å². The molecule has 0 bridgehead atoms. The molecule has 0 atom stereocenters. The molecule has 0 aliphatic rings. The Labute approximate surface area is 162 Å². The van der Waals surface area contributed by atoms with Crippen LogP contribution in [0.25, 0.3) is 0 Å². The van der Waals surface area contributed by atoms with Crippen molar-refractivity contribution in [3.05, 3.63) is 56.8 Å². The molecule has 0 aromatic heterocycles. The lowest BCUT2D eigenvalue weighted by atomic mass is 9.95. The number of benzene rings is 2. The average Bonchev–Trinajstić information content (AvgIpc) is 2.57. The van der Waals surface area contributed by atoms with E-state index in [4.69, 9.17) is 23.2 Å². The highest BCUT2D eigenvalue weighted by Gasteiger charge is 2.18. The molecule has 1 amide bonds. The van der Waals surface area contributed by atoms with Gasteiger partial charge in [-0.3, -0.25) is 4.79 Å². The largest absolute Gasteiger partial charge is 0.508 e. The normalized spacial score (nSPS) is 10.9. The molecule has 2 rings (SSSR count). The van der Waals surface area contributed by atoms with Crippen LogP contribution < -0.4 is 10.6 Å². The lowest BCUT2D eigenvalue weighted by molar-refractivity contribution is -0.118. The second-order valence-electron chi connectivity index (χ2n) is 6.25. The number of carbonyl (C=O) groups excluding carboxylic acids is 1. The average molecular weight is 399 g/mol. The topological polar surface area (TPSA) is 61.4 Å². The fourth-order valence-electron chi connectivity index (χ4n) is 2.65. The van der Waals surface area contributed by atoms with Crippen LogP contribution in [0.15, 0.2) is 24.3 Å². The highest BCUT2D eigenvalue weighted by Crippen LogP contribution is 2.35. The molecular weight excluding hydrogens is 378 g/mol. The number of carbonyl (C=O) groups is 1. The van der Waals surface area contributed by atoms with Gasteiger partial charge in [-0.15, -0.1) is 0 Å². The summed E-state index contributed by atoms with van der Waals surface area (Å²) in [5.41, 5.74) is 1.86. The number of likely N-dealkylation sites (N-methyl/N-ethyl adjacent to an activating group) is 1. The van der Waals surface area contributed by atoms with Gasteiger partial charge < -0.3 is 15.7 Å². The van der Waals surface area contributed by atoms with Crippen LogP contribution in [-0.4, -0.2) is 24.6 Å². The summed E-state index contributed by atoms with van der Waals surface area (Å²) in [4.78, 5) is 11.3. The molecule has 3 N–H and O–H groups in total. The van der Waals surface area contributed by atoms with Crippen molar-refractivity contribution < 1.29 is 14.3 Å². The van der Waals surface area contributed by atoms with E-state index in [1.54, 1.807) is 19.2 Å². The van der Waals surface area contributed by atoms with Gasteiger partial charge in [0.25, 0.3) is 0 Å². The second kappa shape index (κ2) is 8.60. The van der Waals surface area contributed by atoms with Crippen LogP contribution in [0, 0.1) is 5.82 Å². The maximum atomic E-state index is 14.8. The van der Waals surface area contributed by atoms with Crippen LogP contribution in [0.2, 0.25) is 10.0 Å². The predicted octanol–water partition coefficient (Wildman–Crippen LogP) is 4.71. The molecule has 2 aromatic rings. The first kappa shape index (κ1) is 20.3. The van der Waals surface area contributed by atoms with Gasteiger partial charge in [-0.05, 0) is 35.2 Å². The Kier molecular flexibility index (Phi) is 6.73. The Morgan fingerprint density at radius 1 is 1.23 bits per heavy atom. The summed E-state index contributed by atoms with van der Waals surface area (Å²) in [5.74, 6) is -0.841. The molecule has 0 saturated heterocycles. The minimum Gasteiger partial charge on any atom is -0.508 e. The zero-order valence-electron chi connectivity index (χ0n) is 14.8. The van der Waals surface area contributed by atoms with Gasteiger partial charge in [-0.1, -0.05) is 43.1 Å². The third-order valence-electron chi connectivity index (χ3n) is 4.05. The number of rotatable bonds is 6. The number of phenolic OH excluding ortho intramolecular Hbond substituents is 1. The number of aromatic hydroxyl groups is 1. The van der Waals surface area contributed by atoms with E-state index in [2.05, 4.69) is 10.6 Å². The Hall–Kier alpha value is -1.98. The molecule has 2 aromatic carbocycles. The standard InChI is InChI=1S/C19H21Cl2FN2O2/c1-10(2)18-16(25)5-4-11(19(18)22)6-13-14(20)7-12(8-15(13)21)24-9-17(26)23-3/h4-5,7-8,10,24-25H,6,9H2,1-3H3,(H,23,26). The number of phenols is 1. The van der Waals surface area contributed by atoms with Crippen molar-refractivity contribution in [3.8, 4) is 5.75 Å². The minimum absolute atomic E-state index is 0.0628. The molecule has 0 aliphatic carbocycles. The Morgan fingerprint density at radius 3 is 2.38 bits per heavy atom. The Balaban J connectivity index is 2.31. The molecule has 140 valence electrons. The smallest absolute Gasteiger partial charge is 0.239 e. The molecule has 0 radical (unpaired) electrons. The molecule has 7 heteroatoms. The van der Waals surface area contributed by atoms with Crippen molar-refractivity contribution in [1.82, 2.24) is 5.32 Å². The zero-order valence-corrected chi connectivity index (χ0v) is 16.3. The van der Waals surface area contributed by atoms with Gasteiger partial charge in [-0.25, -0.2) is 4.39 Å². The van der Waals surface area contributed by atoms with Crippen molar-refractivity contribution in [2.75, 3.05) is 18.9 Å². The number of hydrogen-bond donors (Lipinski definition) is 3. The SMILES string of the molecule is CNC(=O)CNc1cc(Cl)c(Cc2ccc(O)c(C(C)C)c2F)c(Cl)c1. The molecule has 0 spiro atoms. The summed E-state index contributed by atoms with van der Waals surface area (Å²) in [6, 6.07) is 6.30. The third-order valence-corrected chi connectivity index (χ3v) is 4.73. The maximum absolute atomic E-state index is 14.8. The van der Waals surface area contributed by atoms with Crippen LogP contribution in [0.1, 0.15) is 36.5 Å². The lowest BCUT2D eigenvalue weighted by Gasteiger charge is -2.15. The van der Waals surface area contributed by atoms with Crippen LogP contribution in [-0.2, 0) is 11.2 Å². The number of anilines is 1. The maximum Gasteiger partial charge on any atom is 0.239 e. The zero-order chi connectivity index (χ0) is 19.4. The number of halogens is 3. The molecule has 0 aliphatic heterocycles. The fourth-order valence-corrected chi connectivity index (χ4v) is 3.27. The number of amides is 1. The van der Waals surface area contributed by atoms with Crippen LogP contribution in [0.5, 0.6) is 5.75 Å². The van der Waals surface area contributed by atoms with E-state index in [0.29, 0.717) is 26.9 Å². The summed E-state index contributed by atoms with van der Waals surface area (Å²) in [6.45, 7) is 3.72. The van der Waals surface area contributed by atoms with Crippen molar-refractivity contribution in [3.63, 3.8) is 0 Å². The first-order valence-electron chi connectivity index (χ1n) is 8.17. The van der Waals surface area contributed by atoms with E-state index in [1.807, 2.05) is 13.8 Å². The quantitative estimate of drug-likeness (QED) is 0.659. The highest BCUT2D eigenvalue weighted by atomic mass is 35.5. The van der Waals surface area contributed by atoms with E-state index in [-0.39, 0.29) is 36.1 Å². The Bertz CT molecular complexity index is 802. The third kappa shape index (κ3) is 4.59. The lowest BCUT2D eigenvalue weighted by Crippen LogP contribution is -2.26. The van der Waals surface area contributed by atoms with E-state index < -0.39 is 5.82 Å². The molecule has 26 heavy (non-hydrogen) atoms. The fraction of sp³-hybridized carbons (Fsp3) is 0.316. The van der Waals surface area contributed by atoms with E-state index >= 15 is 0 Å². The molecular formula is C19H21Cl2FN2O2. The van der Waals surface area contributed by atoms with Gasteiger partial charge in [0.15, 0.2) is 0 Å². The molecule has 0 fully saturated rings. The summed E-state index contributed by atoms with van der Waals surface area (Å²) in [6.07, 6.45) is 0.194. The number of hydrogen-bond acceptors (Lipinski definition) is 3. The molecule has 0 unspecified atom stereocenters. The summed E-state index contributed by atoms with van der Waals surface area (Å²) in [5, 5.41) is 16.1. The van der Waals surface area contributed by atoms with Gasteiger partial charge in [0.1, 0.15) is 11.6 Å². The first-order valence-corrected chi connectivity index (χ1v) is 8.92.